The summed E-state index contributed by atoms with van der Waals surface area (Å²) in [5, 5.41) is 8.97. The van der Waals surface area contributed by atoms with Gasteiger partial charge in [-0.25, -0.2) is 4.79 Å². The lowest BCUT2D eigenvalue weighted by atomic mass is 10.0. The van der Waals surface area contributed by atoms with E-state index in [0.29, 0.717) is 5.75 Å². The summed E-state index contributed by atoms with van der Waals surface area (Å²) in [5.74, 6) is -0.208. The van der Waals surface area contributed by atoms with E-state index in [2.05, 4.69) is 6.92 Å². The first-order chi connectivity index (χ1) is 8.00. The van der Waals surface area contributed by atoms with Crippen LogP contribution in [0, 0.1) is 6.92 Å². The number of rotatable bonds is 3. The maximum Gasteiger partial charge on any atom is 0.335 e. The molecular weight excluding hydrogens is 216 g/mol. The quantitative estimate of drug-likeness (QED) is 0.871. The van der Waals surface area contributed by atoms with Gasteiger partial charge in [0.25, 0.3) is 0 Å². The Labute approximate surface area is 101 Å². The zero-order chi connectivity index (χ0) is 12.5. The molecule has 2 rings (SSSR count). The molecule has 0 heterocycles. The first-order valence-electron chi connectivity index (χ1n) is 6.03. The van der Waals surface area contributed by atoms with Gasteiger partial charge in [0, 0.05) is 0 Å². The normalized spacial score (nSPS) is 18.0. The molecule has 1 aliphatic rings. The van der Waals surface area contributed by atoms with Gasteiger partial charge in [0.15, 0.2) is 0 Å². The molecule has 0 amide bonds. The van der Waals surface area contributed by atoms with Gasteiger partial charge in [0.2, 0.25) is 0 Å². The van der Waals surface area contributed by atoms with Crippen LogP contribution < -0.4 is 4.74 Å². The molecule has 0 aromatic heterocycles. The molecule has 1 aromatic carbocycles. The Morgan fingerprint density at radius 2 is 2.00 bits per heavy atom. The van der Waals surface area contributed by atoms with Crippen LogP contribution in [0.25, 0.3) is 0 Å². The summed E-state index contributed by atoms with van der Waals surface area (Å²) in [4.78, 5) is 10.9. The van der Waals surface area contributed by atoms with Crippen molar-refractivity contribution in [2.45, 2.75) is 45.1 Å². The molecule has 1 N–H and O–H groups in total. The molecule has 0 atom stereocenters. The fraction of sp³-hybridized carbons (Fsp3) is 0.500. The highest BCUT2D eigenvalue weighted by atomic mass is 16.5. The Morgan fingerprint density at radius 3 is 2.59 bits per heavy atom. The van der Waals surface area contributed by atoms with Crippen molar-refractivity contribution in [3.8, 4) is 5.75 Å². The molecule has 0 spiro atoms. The van der Waals surface area contributed by atoms with Crippen molar-refractivity contribution >= 4 is 5.97 Å². The van der Waals surface area contributed by atoms with E-state index in [0.717, 1.165) is 18.4 Å². The molecule has 1 fully saturated rings. The topological polar surface area (TPSA) is 46.5 Å². The van der Waals surface area contributed by atoms with Gasteiger partial charge in [-0.05, 0) is 57.2 Å². The second-order valence-corrected chi connectivity index (χ2v) is 5.04. The molecule has 0 unspecified atom stereocenters. The largest absolute Gasteiger partial charge is 0.487 e. The van der Waals surface area contributed by atoms with E-state index < -0.39 is 5.97 Å². The highest BCUT2D eigenvalue weighted by Gasteiger charge is 2.31. The van der Waals surface area contributed by atoms with Crippen LogP contribution >= 0.6 is 0 Å². The summed E-state index contributed by atoms with van der Waals surface area (Å²) in [6, 6.07) is 5.04. The highest BCUT2D eigenvalue weighted by Crippen LogP contribution is 2.35. The van der Waals surface area contributed by atoms with Gasteiger partial charge in [-0.3, -0.25) is 0 Å². The maximum atomic E-state index is 10.9. The summed E-state index contributed by atoms with van der Waals surface area (Å²) < 4.78 is 6.02. The van der Waals surface area contributed by atoms with E-state index in [9.17, 15) is 4.79 Å². The van der Waals surface area contributed by atoms with E-state index >= 15 is 0 Å². The molecule has 0 radical (unpaired) electrons. The van der Waals surface area contributed by atoms with Crippen molar-refractivity contribution in [2.24, 2.45) is 0 Å². The first-order valence-corrected chi connectivity index (χ1v) is 6.03. The third-order valence-electron chi connectivity index (χ3n) is 3.45. The lowest BCUT2D eigenvalue weighted by molar-refractivity contribution is 0.0692. The van der Waals surface area contributed by atoms with Crippen molar-refractivity contribution in [1.29, 1.82) is 0 Å². The van der Waals surface area contributed by atoms with Crippen LogP contribution in [-0.4, -0.2) is 16.7 Å². The summed E-state index contributed by atoms with van der Waals surface area (Å²) in [7, 11) is 0. The van der Waals surface area contributed by atoms with Crippen LogP contribution in [0.2, 0.25) is 0 Å². The van der Waals surface area contributed by atoms with Crippen molar-refractivity contribution in [3.05, 3.63) is 29.3 Å². The summed E-state index contributed by atoms with van der Waals surface area (Å²) >= 11 is 0. The zero-order valence-corrected chi connectivity index (χ0v) is 10.3. The third-order valence-corrected chi connectivity index (χ3v) is 3.45. The van der Waals surface area contributed by atoms with E-state index in [1.807, 2.05) is 6.92 Å². The Balaban J connectivity index is 2.25. The van der Waals surface area contributed by atoms with Gasteiger partial charge < -0.3 is 9.84 Å². The second kappa shape index (κ2) is 4.40. The minimum atomic E-state index is -0.911. The molecule has 0 aliphatic heterocycles. The fourth-order valence-corrected chi connectivity index (χ4v) is 2.33. The molecule has 1 saturated carbocycles. The molecule has 17 heavy (non-hydrogen) atoms. The van der Waals surface area contributed by atoms with Crippen LogP contribution in [0.4, 0.5) is 0 Å². The van der Waals surface area contributed by atoms with Crippen LogP contribution in [-0.2, 0) is 0 Å². The highest BCUT2D eigenvalue weighted by molar-refractivity contribution is 5.88. The van der Waals surface area contributed by atoms with Gasteiger partial charge >= 0.3 is 5.97 Å². The number of hydrogen-bond acceptors (Lipinski definition) is 2. The number of aromatic carboxylic acids is 1. The number of hydrogen-bond donors (Lipinski definition) is 1. The molecule has 92 valence electrons. The third kappa shape index (κ3) is 2.60. The van der Waals surface area contributed by atoms with E-state index in [1.165, 1.54) is 12.8 Å². The van der Waals surface area contributed by atoms with Crippen molar-refractivity contribution < 1.29 is 14.6 Å². The smallest absolute Gasteiger partial charge is 0.335 e. The van der Waals surface area contributed by atoms with Crippen LogP contribution in [0.3, 0.4) is 0 Å². The second-order valence-electron chi connectivity index (χ2n) is 5.04. The molecule has 3 heteroatoms. The molecular formula is C14H18O3. The van der Waals surface area contributed by atoms with Crippen molar-refractivity contribution in [2.75, 3.05) is 0 Å². The lowest BCUT2D eigenvalue weighted by Crippen LogP contribution is -2.28. The Kier molecular flexibility index (Phi) is 3.09. The van der Waals surface area contributed by atoms with E-state index in [-0.39, 0.29) is 11.2 Å². The zero-order valence-electron chi connectivity index (χ0n) is 10.3. The molecule has 0 bridgehead atoms. The summed E-state index contributed by atoms with van der Waals surface area (Å²) in [5.41, 5.74) is 1.15. The maximum absolute atomic E-state index is 10.9. The monoisotopic (exact) mass is 234 g/mol. The Morgan fingerprint density at radius 1 is 1.35 bits per heavy atom. The number of aryl methyl sites for hydroxylation is 1. The molecule has 0 saturated heterocycles. The lowest BCUT2D eigenvalue weighted by Gasteiger charge is -2.26. The standard InChI is InChI=1S/C14H18O3/c1-10-5-6-11(13(15)16)9-12(10)17-14(2)7-3-4-8-14/h5-6,9H,3-4,7-8H2,1-2H3,(H,15,16). The SMILES string of the molecule is Cc1ccc(C(=O)O)cc1OC1(C)CCCC1. The van der Waals surface area contributed by atoms with Crippen molar-refractivity contribution in [1.82, 2.24) is 0 Å². The number of carboxylic acids is 1. The first kappa shape index (κ1) is 12.0. The van der Waals surface area contributed by atoms with Gasteiger partial charge in [0.05, 0.1) is 5.56 Å². The summed E-state index contributed by atoms with van der Waals surface area (Å²) in [6.07, 6.45) is 4.47. The predicted octanol–water partition coefficient (Wildman–Crippen LogP) is 3.40. The minimum Gasteiger partial charge on any atom is -0.487 e. The fourth-order valence-electron chi connectivity index (χ4n) is 2.33. The van der Waals surface area contributed by atoms with Gasteiger partial charge in [-0.2, -0.15) is 0 Å². The van der Waals surface area contributed by atoms with E-state index in [1.54, 1.807) is 18.2 Å². The Hall–Kier alpha value is -1.51. The van der Waals surface area contributed by atoms with Crippen LogP contribution in [0.1, 0.15) is 48.5 Å². The molecule has 3 nitrogen and oxygen atoms in total. The number of carbonyl (C=O) groups is 1. The van der Waals surface area contributed by atoms with Crippen LogP contribution in [0.5, 0.6) is 5.75 Å². The van der Waals surface area contributed by atoms with Crippen molar-refractivity contribution in [3.63, 3.8) is 0 Å². The van der Waals surface area contributed by atoms with Gasteiger partial charge in [0.1, 0.15) is 11.4 Å². The Bertz CT molecular complexity index is 431. The van der Waals surface area contributed by atoms with Gasteiger partial charge in [-0.15, -0.1) is 0 Å². The minimum absolute atomic E-state index is 0.123. The number of benzene rings is 1. The average Bonchev–Trinajstić information content (AvgIpc) is 2.68. The average molecular weight is 234 g/mol. The van der Waals surface area contributed by atoms with Gasteiger partial charge in [-0.1, -0.05) is 6.07 Å². The van der Waals surface area contributed by atoms with E-state index in [4.69, 9.17) is 9.84 Å². The summed E-state index contributed by atoms with van der Waals surface area (Å²) in [6.45, 7) is 4.05. The number of ether oxygens (including phenoxy) is 1. The van der Waals surface area contributed by atoms with Crippen LogP contribution in [0.15, 0.2) is 18.2 Å². The molecule has 1 aromatic rings. The molecule has 1 aliphatic carbocycles. The number of carboxylic acid groups (broad SMARTS) is 1. The predicted molar refractivity (Wildman–Crippen MR) is 65.6 cm³/mol.